The van der Waals surface area contributed by atoms with Crippen molar-refractivity contribution >= 4 is 5.91 Å². The number of nitrogens with one attached hydrogen (secondary N) is 1. The third kappa shape index (κ3) is 5.17. The third-order valence-corrected chi connectivity index (χ3v) is 3.93. The first kappa shape index (κ1) is 17.7. The van der Waals surface area contributed by atoms with E-state index in [4.69, 9.17) is 9.26 Å². The predicted molar refractivity (Wildman–Crippen MR) is 96.7 cm³/mol. The van der Waals surface area contributed by atoms with Crippen LogP contribution in [0.5, 0.6) is 5.75 Å². The van der Waals surface area contributed by atoms with Gasteiger partial charge in [-0.1, -0.05) is 47.6 Å². The molecule has 3 rings (SSSR count). The fraction of sp³-hybridized carbons (Fsp3) is 0.250. The topological polar surface area (TPSA) is 77.2 Å². The standard InChI is InChI=1S/C20H21N3O3/c1-25-17-9-7-16(8-10-17)14-21-19(24)11-12-20-22-18(23-26-20)13-15-5-3-2-4-6-15/h2-10H,11-14H2,1H3,(H,21,24). The van der Waals surface area contributed by atoms with Crippen LogP contribution in [0.3, 0.4) is 0 Å². The van der Waals surface area contributed by atoms with Crippen molar-refractivity contribution in [3.8, 4) is 5.75 Å². The molecule has 134 valence electrons. The Kier molecular flexibility index (Phi) is 5.98. The predicted octanol–water partition coefficient (Wildman–Crippen LogP) is 2.92. The van der Waals surface area contributed by atoms with E-state index in [2.05, 4.69) is 15.5 Å². The van der Waals surface area contributed by atoms with Gasteiger partial charge in [0.25, 0.3) is 0 Å². The Morgan fingerprint density at radius 3 is 2.58 bits per heavy atom. The normalized spacial score (nSPS) is 10.5. The SMILES string of the molecule is COc1ccc(CNC(=O)CCc2nc(Cc3ccccc3)no2)cc1. The maximum absolute atomic E-state index is 12.0. The number of carbonyl (C=O) groups is 1. The zero-order chi connectivity index (χ0) is 18.2. The summed E-state index contributed by atoms with van der Waals surface area (Å²) in [6.45, 7) is 0.478. The summed E-state index contributed by atoms with van der Waals surface area (Å²) in [6, 6.07) is 17.5. The molecule has 1 N–H and O–H groups in total. The summed E-state index contributed by atoms with van der Waals surface area (Å²) < 4.78 is 10.3. The van der Waals surface area contributed by atoms with E-state index in [0.717, 1.165) is 16.9 Å². The zero-order valence-corrected chi connectivity index (χ0v) is 14.6. The van der Waals surface area contributed by atoms with E-state index in [9.17, 15) is 4.79 Å². The number of benzene rings is 2. The molecular weight excluding hydrogens is 330 g/mol. The molecule has 0 saturated carbocycles. The smallest absolute Gasteiger partial charge is 0.227 e. The number of amides is 1. The molecule has 0 unspecified atom stereocenters. The fourth-order valence-corrected chi connectivity index (χ4v) is 2.49. The summed E-state index contributed by atoms with van der Waals surface area (Å²) in [5, 5.41) is 6.85. The van der Waals surface area contributed by atoms with E-state index in [-0.39, 0.29) is 5.91 Å². The van der Waals surface area contributed by atoms with E-state index < -0.39 is 0 Å². The lowest BCUT2D eigenvalue weighted by molar-refractivity contribution is -0.121. The molecule has 0 aliphatic rings. The molecule has 1 aromatic heterocycles. The molecule has 6 heteroatoms. The molecule has 6 nitrogen and oxygen atoms in total. The lowest BCUT2D eigenvalue weighted by Gasteiger charge is -2.05. The molecule has 0 saturated heterocycles. The highest BCUT2D eigenvalue weighted by atomic mass is 16.5. The van der Waals surface area contributed by atoms with Gasteiger partial charge in [0.2, 0.25) is 11.8 Å². The number of ether oxygens (including phenoxy) is 1. The average Bonchev–Trinajstić information content (AvgIpc) is 3.13. The van der Waals surface area contributed by atoms with Gasteiger partial charge < -0.3 is 14.6 Å². The number of rotatable bonds is 8. The molecule has 0 aliphatic heterocycles. The van der Waals surface area contributed by atoms with Gasteiger partial charge in [-0.15, -0.1) is 0 Å². The first-order chi connectivity index (χ1) is 12.7. The van der Waals surface area contributed by atoms with Crippen molar-refractivity contribution in [2.45, 2.75) is 25.8 Å². The highest BCUT2D eigenvalue weighted by molar-refractivity contribution is 5.76. The maximum Gasteiger partial charge on any atom is 0.227 e. The largest absolute Gasteiger partial charge is 0.497 e. The van der Waals surface area contributed by atoms with Crippen LogP contribution in [-0.2, 0) is 24.2 Å². The van der Waals surface area contributed by atoms with Crippen molar-refractivity contribution in [2.75, 3.05) is 7.11 Å². The molecule has 0 atom stereocenters. The minimum absolute atomic E-state index is 0.0522. The first-order valence-corrected chi connectivity index (χ1v) is 8.48. The van der Waals surface area contributed by atoms with Gasteiger partial charge in [-0.25, -0.2) is 0 Å². The molecule has 0 bridgehead atoms. The molecule has 1 amide bonds. The zero-order valence-electron chi connectivity index (χ0n) is 14.6. The minimum Gasteiger partial charge on any atom is -0.497 e. The van der Waals surface area contributed by atoms with Crippen molar-refractivity contribution in [1.29, 1.82) is 0 Å². The number of nitrogens with zero attached hydrogens (tertiary/aromatic N) is 2. The molecule has 0 spiro atoms. The van der Waals surface area contributed by atoms with Gasteiger partial charge in [0.05, 0.1) is 7.11 Å². The van der Waals surface area contributed by atoms with Crippen LogP contribution in [0.25, 0.3) is 0 Å². The van der Waals surface area contributed by atoms with Gasteiger partial charge >= 0.3 is 0 Å². The maximum atomic E-state index is 12.0. The van der Waals surface area contributed by atoms with E-state index in [1.54, 1.807) is 7.11 Å². The molecule has 0 fully saturated rings. The number of carbonyl (C=O) groups excluding carboxylic acids is 1. The van der Waals surface area contributed by atoms with E-state index >= 15 is 0 Å². The highest BCUT2D eigenvalue weighted by Gasteiger charge is 2.09. The molecule has 1 heterocycles. The van der Waals surface area contributed by atoms with E-state index in [1.807, 2.05) is 54.6 Å². The van der Waals surface area contributed by atoms with Crippen LogP contribution in [0.4, 0.5) is 0 Å². The second-order valence-corrected chi connectivity index (χ2v) is 5.89. The number of hydrogen-bond donors (Lipinski definition) is 1. The molecule has 3 aromatic rings. The van der Waals surface area contributed by atoms with Crippen LogP contribution in [0.2, 0.25) is 0 Å². The summed E-state index contributed by atoms with van der Waals surface area (Å²) in [7, 11) is 1.62. The third-order valence-electron chi connectivity index (χ3n) is 3.93. The van der Waals surface area contributed by atoms with Crippen LogP contribution >= 0.6 is 0 Å². The van der Waals surface area contributed by atoms with Gasteiger partial charge in [-0.05, 0) is 23.3 Å². The van der Waals surface area contributed by atoms with Gasteiger partial charge in [-0.3, -0.25) is 4.79 Å². The van der Waals surface area contributed by atoms with Crippen molar-refractivity contribution in [3.63, 3.8) is 0 Å². The van der Waals surface area contributed by atoms with E-state index in [0.29, 0.717) is 37.5 Å². The van der Waals surface area contributed by atoms with Gasteiger partial charge in [0.15, 0.2) is 5.82 Å². The summed E-state index contributed by atoms with van der Waals surface area (Å²) in [5.41, 5.74) is 2.14. The Morgan fingerprint density at radius 2 is 1.85 bits per heavy atom. The van der Waals surface area contributed by atoms with Crippen molar-refractivity contribution in [1.82, 2.24) is 15.5 Å². The van der Waals surface area contributed by atoms with Crippen LogP contribution < -0.4 is 10.1 Å². The Labute approximate surface area is 152 Å². The number of hydrogen-bond acceptors (Lipinski definition) is 5. The van der Waals surface area contributed by atoms with Gasteiger partial charge in [-0.2, -0.15) is 4.98 Å². The second-order valence-electron chi connectivity index (χ2n) is 5.89. The fourth-order valence-electron chi connectivity index (χ4n) is 2.49. The Morgan fingerprint density at radius 1 is 1.08 bits per heavy atom. The molecule has 26 heavy (non-hydrogen) atoms. The van der Waals surface area contributed by atoms with Crippen LogP contribution in [-0.4, -0.2) is 23.2 Å². The van der Waals surface area contributed by atoms with Gasteiger partial charge in [0.1, 0.15) is 5.75 Å². The first-order valence-electron chi connectivity index (χ1n) is 8.48. The minimum atomic E-state index is -0.0522. The molecule has 0 aliphatic carbocycles. The lowest BCUT2D eigenvalue weighted by Crippen LogP contribution is -2.23. The van der Waals surface area contributed by atoms with Crippen LogP contribution in [0, 0.1) is 0 Å². The molecule has 2 aromatic carbocycles. The van der Waals surface area contributed by atoms with Gasteiger partial charge in [0, 0.05) is 25.8 Å². The Hall–Kier alpha value is -3.15. The number of aryl methyl sites for hydroxylation is 1. The summed E-state index contributed by atoms with van der Waals surface area (Å²) in [5.74, 6) is 1.85. The van der Waals surface area contributed by atoms with Crippen molar-refractivity contribution in [3.05, 3.63) is 77.4 Å². The summed E-state index contributed by atoms with van der Waals surface area (Å²) >= 11 is 0. The Bertz CT molecular complexity index is 829. The van der Waals surface area contributed by atoms with Crippen LogP contribution in [0.1, 0.15) is 29.3 Å². The lowest BCUT2D eigenvalue weighted by atomic mass is 10.1. The Balaban J connectivity index is 1.42. The quantitative estimate of drug-likeness (QED) is 0.675. The monoisotopic (exact) mass is 351 g/mol. The number of aromatic nitrogens is 2. The average molecular weight is 351 g/mol. The highest BCUT2D eigenvalue weighted by Crippen LogP contribution is 2.11. The summed E-state index contributed by atoms with van der Waals surface area (Å²) in [4.78, 5) is 16.3. The van der Waals surface area contributed by atoms with Crippen LogP contribution in [0.15, 0.2) is 59.1 Å². The van der Waals surface area contributed by atoms with Crippen molar-refractivity contribution < 1.29 is 14.1 Å². The van der Waals surface area contributed by atoms with E-state index in [1.165, 1.54) is 0 Å². The molecular formula is C20H21N3O3. The number of methoxy groups -OCH3 is 1. The second kappa shape index (κ2) is 8.80. The summed E-state index contributed by atoms with van der Waals surface area (Å²) in [6.07, 6.45) is 1.35. The molecule has 0 radical (unpaired) electrons. The van der Waals surface area contributed by atoms with Crippen molar-refractivity contribution in [2.24, 2.45) is 0 Å².